The van der Waals surface area contributed by atoms with Crippen LogP contribution in [-0.4, -0.2) is 34.2 Å². The van der Waals surface area contributed by atoms with Crippen molar-refractivity contribution < 1.29 is 14.0 Å². The smallest absolute Gasteiger partial charge is 0.242 e. The van der Waals surface area contributed by atoms with Gasteiger partial charge in [-0.3, -0.25) is 9.59 Å². The van der Waals surface area contributed by atoms with Crippen LogP contribution in [0.3, 0.4) is 0 Å². The molecule has 1 aliphatic rings. The van der Waals surface area contributed by atoms with Crippen LogP contribution in [0.15, 0.2) is 66.0 Å². The fourth-order valence-corrected chi connectivity index (χ4v) is 5.21. The second-order valence-electron chi connectivity index (χ2n) is 9.32. The Hall–Kier alpha value is -2.99. The van der Waals surface area contributed by atoms with E-state index in [1.54, 1.807) is 33.3 Å². The van der Waals surface area contributed by atoms with Crippen LogP contribution >= 0.6 is 11.3 Å². The number of carbonyl (C=O) groups excluding carboxylic acids is 2. The topological polar surface area (TPSA) is 40.6 Å². The largest absolute Gasteiger partial charge is 0.332 e. The van der Waals surface area contributed by atoms with Crippen molar-refractivity contribution in [1.82, 2.24) is 9.80 Å². The first-order valence-electron chi connectivity index (χ1n) is 11.7. The predicted molar refractivity (Wildman–Crippen MR) is 134 cm³/mol. The van der Waals surface area contributed by atoms with Crippen LogP contribution in [0, 0.1) is 18.7 Å². The lowest BCUT2D eigenvalue weighted by Crippen LogP contribution is -2.46. The molecule has 1 saturated carbocycles. The van der Waals surface area contributed by atoms with Crippen molar-refractivity contribution in [1.29, 1.82) is 0 Å². The van der Waals surface area contributed by atoms with Gasteiger partial charge in [0.15, 0.2) is 0 Å². The van der Waals surface area contributed by atoms with Crippen molar-refractivity contribution >= 4 is 23.2 Å². The van der Waals surface area contributed by atoms with Gasteiger partial charge in [-0.1, -0.05) is 42.5 Å². The van der Waals surface area contributed by atoms with Crippen molar-refractivity contribution in [3.63, 3.8) is 0 Å². The summed E-state index contributed by atoms with van der Waals surface area (Å²) in [6.45, 7) is 6.83. The number of rotatable bonds is 9. The van der Waals surface area contributed by atoms with Gasteiger partial charge in [0.2, 0.25) is 11.8 Å². The van der Waals surface area contributed by atoms with Crippen molar-refractivity contribution in [3.05, 3.63) is 93.4 Å². The molecule has 1 aliphatic carbocycles. The highest BCUT2D eigenvalue weighted by Gasteiger charge is 2.46. The molecule has 0 spiro atoms. The van der Waals surface area contributed by atoms with Crippen LogP contribution in [0.2, 0.25) is 0 Å². The molecule has 1 fully saturated rings. The Kier molecular flexibility index (Phi) is 7.47. The Morgan fingerprint density at radius 2 is 1.74 bits per heavy atom. The summed E-state index contributed by atoms with van der Waals surface area (Å²) in [5, 5.41) is 2.02. The van der Waals surface area contributed by atoms with E-state index in [1.807, 2.05) is 50.4 Å². The van der Waals surface area contributed by atoms with Gasteiger partial charge < -0.3 is 9.80 Å². The first-order valence-corrected chi connectivity index (χ1v) is 12.6. The normalized spacial score (nSPS) is 17.0. The first-order chi connectivity index (χ1) is 16.3. The number of benzene rings is 2. The fourth-order valence-electron chi connectivity index (χ4n) is 4.29. The maximum atomic E-state index is 13.5. The van der Waals surface area contributed by atoms with E-state index in [0.717, 1.165) is 22.4 Å². The third kappa shape index (κ3) is 5.73. The van der Waals surface area contributed by atoms with Gasteiger partial charge in [0.25, 0.3) is 0 Å². The van der Waals surface area contributed by atoms with E-state index in [-0.39, 0.29) is 42.1 Å². The third-order valence-corrected chi connectivity index (χ3v) is 7.50. The van der Waals surface area contributed by atoms with E-state index in [9.17, 15) is 14.0 Å². The van der Waals surface area contributed by atoms with Crippen LogP contribution < -0.4 is 0 Å². The number of halogens is 1. The summed E-state index contributed by atoms with van der Waals surface area (Å²) in [5.41, 5.74) is 3.18. The van der Waals surface area contributed by atoms with Crippen molar-refractivity contribution in [2.24, 2.45) is 5.92 Å². The molecule has 0 N–H and O–H groups in total. The summed E-state index contributed by atoms with van der Waals surface area (Å²) in [6.07, 6.45) is 0.827. The van der Waals surface area contributed by atoms with Crippen LogP contribution in [0.5, 0.6) is 0 Å². The van der Waals surface area contributed by atoms with E-state index in [4.69, 9.17) is 0 Å². The van der Waals surface area contributed by atoms with Crippen LogP contribution in [0.4, 0.5) is 4.39 Å². The van der Waals surface area contributed by atoms with Crippen LogP contribution in [0.1, 0.15) is 47.8 Å². The van der Waals surface area contributed by atoms with E-state index in [1.165, 1.54) is 17.7 Å². The zero-order valence-corrected chi connectivity index (χ0v) is 20.7. The zero-order valence-electron chi connectivity index (χ0n) is 19.9. The number of nitrogens with zero attached hydrogens (tertiary/aromatic N) is 2. The first kappa shape index (κ1) is 24.1. The lowest BCUT2D eigenvalue weighted by Gasteiger charge is -2.30. The number of hydrogen-bond acceptors (Lipinski definition) is 3. The molecule has 0 radical (unpaired) electrons. The molecule has 2 aromatic carbocycles. The average molecular weight is 479 g/mol. The predicted octanol–water partition coefficient (Wildman–Crippen LogP) is 5.77. The average Bonchev–Trinajstić information content (AvgIpc) is 3.54. The number of amides is 2. The standard InChI is InChI=1S/C28H31FN2O2S/c1-19(2)31(28(33)25-15-24(25)22-7-5-4-6-8-22)18-27(32)30(17-26-20(3)13-14-34-26)16-21-9-11-23(29)12-10-21/h4-14,19,24-25H,15-18H2,1-3H3. The third-order valence-electron chi connectivity index (χ3n) is 6.49. The summed E-state index contributed by atoms with van der Waals surface area (Å²) in [7, 11) is 0. The quantitative estimate of drug-likeness (QED) is 0.392. The highest BCUT2D eigenvalue weighted by Crippen LogP contribution is 2.48. The SMILES string of the molecule is Cc1ccsc1CN(Cc1ccc(F)cc1)C(=O)CN(C(=O)C1CC1c1ccccc1)C(C)C. The minimum atomic E-state index is -0.301. The van der Waals surface area contributed by atoms with E-state index in [0.29, 0.717) is 13.1 Å². The van der Waals surface area contributed by atoms with E-state index >= 15 is 0 Å². The Labute approximate surface area is 205 Å². The molecule has 178 valence electrons. The number of aryl methyl sites for hydroxylation is 1. The maximum Gasteiger partial charge on any atom is 0.242 e. The van der Waals surface area contributed by atoms with Gasteiger partial charge >= 0.3 is 0 Å². The molecule has 1 heterocycles. The Morgan fingerprint density at radius 3 is 2.35 bits per heavy atom. The molecule has 4 rings (SSSR count). The van der Waals surface area contributed by atoms with Crippen molar-refractivity contribution in [2.75, 3.05) is 6.54 Å². The summed E-state index contributed by atoms with van der Waals surface area (Å²) in [6, 6.07) is 18.3. The molecule has 34 heavy (non-hydrogen) atoms. The summed E-state index contributed by atoms with van der Waals surface area (Å²) < 4.78 is 13.4. The zero-order chi connectivity index (χ0) is 24.2. The molecule has 3 aromatic rings. The van der Waals surface area contributed by atoms with Gasteiger partial charge in [-0.25, -0.2) is 4.39 Å². The molecule has 2 unspecified atom stereocenters. The minimum absolute atomic E-state index is 0.0418. The number of carbonyl (C=O) groups is 2. The molecule has 0 aliphatic heterocycles. The number of hydrogen-bond donors (Lipinski definition) is 0. The second-order valence-corrected chi connectivity index (χ2v) is 10.3. The molecule has 6 heteroatoms. The summed E-state index contributed by atoms with van der Waals surface area (Å²) in [4.78, 5) is 31.5. The lowest BCUT2D eigenvalue weighted by molar-refractivity contribution is -0.143. The van der Waals surface area contributed by atoms with E-state index in [2.05, 4.69) is 12.1 Å². The summed E-state index contributed by atoms with van der Waals surface area (Å²) in [5.74, 6) is -0.191. The maximum absolute atomic E-state index is 13.5. The molecule has 1 aromatic heterocycles. The van der Waals surface area contributed by atoms with Crippen LogP contribution in [-0.2, 0) is 22.7 Å². The molecular formula is C28H31FN2O2S. The molecule has 2 amide bonds. The van der Waals surface area contributed by atoms with Crippen molar-refractivity contribution in [2.45, 2.75) is 52.2 Å². The fraction of sp³-hybridized carbons (Fsp3) is 0.357. The highest BCUT2D eigenvalue weighted by molar-refractivity contribution is 7.10. The molecule has 4 nitrogen and oxygen atoms in total. The monoisotopic (exact) mass is 478 g/mol. The Morgan fingerprint density at radius 1 is 1.03 bits per heavy atom. The van der Waals surface area contributed by atoms with Crippen LogP contribution in [0.25, 0.3) is 0 Å². The summed E-state index contributed by atoms with van der Waals surface area (Å²) >= 11 is 1.62. The molecule has 2 atom stereocenters. The van der Waals surface area contributed by atoms with Gasteiger partial charge in [-0.2, -0.15) is 0 Å². The Bertz CT molecular complexity index is 1130. The van der Waals surface area contributed by atoms with Gasteiger partial charge in [0, 0.05) is 23.4 Å². The van der Waals surface area contributed by atoms with E-state index < -0.39 is 0 Å². The van der Waals surface area contributed by atoms with Gasteiger partial charge in [0.1, 0.15) is 12.4 Å². The highest BCUT2D eigenvalue weighted by atomic mass is 32.1. The van der Waals surface area contributed by atoms with Gasteiger partial charge in [-0.05, 0) is 73.4 Å². The Balaban J connectivity index is 1.49. The number of thiophene rings is 1. The minimum Gasteiger partial charge on any atom is -0.332 e. The van der Waals surface area contributed by atoms with Crippen molar-refractivity contribution in [3.8, 4) is 0 Å². The molecule has 0 saturated heterocycles. The molecule has 0 bridgehead atoms. The van der Waals surface area contributed by atoms with Gasteiger partial charge in [0.05, 0.1) is 6.54 Å². The lowest BCUT2D eigenvalue weighted by atomic mass is 10.1. The molecular weight excluding hydrogens is 447 g/mol. The van der Waals surface area contributed by atoms with Gasteiger partial charge in [-0.15, -0.1) is 11.3 Å². The second kappa shape index (κ2) is 10.5.